The van der Waals surface area contributed by atoms with E-state index in [4.69, 9.17) is 0 Å². The lowest BCUT2D eigenvalue weighted by atomic mass is 9.84. The molecule has 0 saturated carbocycles. The van der Waals surface area contributed by atoms with Gasteiger partial charge in [0.15, 0.2) is 5.41 Å². The zero-order chi connectivity index (χ0) is 15.0. The van der Waals surface area contributed by atoms with Crippen LogP contribution in [0.5, 0.6) is 0 Å². The molecule has 2 N–H and O–H groups in total. The molecule has 7 heteroatoms. The monoisotopic (exact) mass is 294 g/mol. The van der Waals surface area contributed by atoms with Crippen molar-refractivity contribution in [3.05, 3.63) is 0 Å². The van der Waals surface area contributed by atoms with Crippen molar-refractivity contribution in [2.45, 2.75) is 44.4 Å². The van der Waals surface area contributed by atoms with E-state index in [9.17, 15) is 23.1 Å². The highest BCUT2D eigenvalue weighted by atomic mass is 19.4. The first-order valence-corrected chi connectivity index (χ1v) is 6.97. The molecule has 0 aromatic heterocycles. The van der Waals surface area contributed by atoms with Crippen molar-refractivity contribution in [2.24, 2.45) is 5.41 Å². The topological polar surface area (TPSA) is 52.6 Å². The van der Waals surface area contributed by atoms with Gasteiger partial charge in [-0.15, -0.1) is 0 Å². The van der Waals surface area contributed by atoms with Gasteiger partial charge in [0.05, 0.1) is 5.60 Å². The number of amides is 1. The first-order valence-electron chi connectivity index (χ1n) is 6.97. The Morgan fingerprint density at radius 1 is 1.25 bits per heavy atom. The van der Waals surface area contributed by atoms with Gasteiger partial charge in [-0.05, 0) is 39.2 Å². The summed E-state index contributed by atoms with van der Waals surface area (Å²) in [6, 6.07) is 0. The van der Waals surface area contributed by atoms with Crippen molar-refractivity contribution in [2.75, 3.05) is 26.2 Å². The molecule has 2 unspecified atom stereocenters. The Hall–Kier alpha value is -0.820. The average molecular weight is 294 g/mol. The molecule has 2 rings (SSSR count). The van der Waals surface area contributed by atoms with Crippen LogP contribution in [0.15, 0.2) is 0 Å². The van der Waals surface area contributed by atoms with Crippen LogP contribution in [0, 0.1) is 5.41 Å². The fourth-order valence-electron chi connectivity index (χ4n) is 3.01. The molecule has 2 atom stereocenters. The Morgan fingerprint density at radius 2 is 1.95 bits per heavy atom. The Labute approximate surface area is 116 Å². The normalized spacial score (nSPS) is 36.0. The van der Waals surface area contributed by atoms with Crippen molar-refractivity contribution in [3.63, 3.8) is 0 Å². The van der Waals surface area contributed by atoms with Crippen LogP contribution >= 0.6 is 0 Å². The Balaban J connectivity index is 2.17. The number of nitrogens with one attached hydrogen (secondary N) is 1. The third kappa shape index (κ3) is 2.79. The molecule has 2 heterocycles. The Morgan fingerprint density at radius 3 is 2.50 bits per heavy atom. The molecule has 0 bridgehead atoms. The molecule has 2 aliphatic rings. The number of carbonyl (C=O) groups is 1. The molecule has 0 aliphatic carbocycles. The summed E-state index contributed by atoms with van der Waals surface area (Å²) in [6.07, 6.45) is -3.39. The molecule has 0 spiro atoms. The molecule has 116 valence electrons. The first kappa shape index (κ1) is 15.6. The van der Waals surface area contributed by atoms with Crippen molar-refractivity contribution in [3.8, 4) is 0 Å². The van der Waals surface area contributed by atoms with Gasteiger partial charge in [0.2, 0.25) is 5.91 Å². The summed E-state index contributed by atoms with van der Waals surface area (Å²) in [5.41, 5.74) is -3.18. The van der Waals surface area contributed by atoms with Crippen LogP contribution in [0.25, 0.3) is 0 Å². The number of likely N-dealkylation sites (tertiary alicyclic amines) is 1. The summed E-state index contributed by atoms with van der Waals surface area (Å²) >= 11 is 0. The first-order chi connectivity index (χ1) is 9.18. The van der Waals surface area contributed by atoms with E-state index in [0.29, 0.717) is 19.3 Å². The summed E-state index contributed by atoms with van der Waals surface area (Å²) in [5, 5.41) is 12.6. The van der Waals surface area contributed by atoms with Gasteiger partial charge in [-0.25, -0.2) is 0 Å². The second-order valence-electron chi connectivity index (χ2n) is 6.15. The van der Waals surface area contributed by atoms with Gasteiger partial charge in [0.1, 0.15) is 0 Å². The molecule has 4 nitrogen and oxygen atoms in total. The fourth-order valence-corrected chi connectivity index (χ4v) is 3.01. The predicted molar refractivity (Wildman–Crippen MR) is 67.0 cm³/mol. The van der Waals surface area contributed by atoms with Gasteiger partial charge >= 0.3 is 6.18 Å². The Kier molecular flexibility index (Phi) is 4.03. The number of halogens is 3. The summed E-state index contributed by atoms with van der Waals surface area (Å²) < 4.78 is 40.0. The minimum absolute atomic E-state index is 0.184. The van der Waals surface area contributed by atoms with Gasteiger partial charge < -0.3 is 15.3 Å². The largest absolute Gasteiger partial charge is 0.404 e. The molecule has 2 aliphatic heterocycles. The molecule has 0 aromatic carbocycles. The number of nitrogens with zero attached hydrogens (tertiary/aromatic N) is 1. The third-order valence-corrected chi connectivity index (χ3v) is 4.46. The van der Waals surface area contributed by atoms with Crippen molar-refractivity contribution >= 4 is 5.91 Å². The number of aliphatic hydroxyl groups is 1. The zero-order valence-corrected chi connectivity index (χ0v) is 11.6. The molecule has 2 fully saturated rings. The maximum absolute atomic E-state index is 13.3. The minimum atomic E-state index is -4.54. The van der Waals surface area contributed by atoms with Crippen LogP contribution in [0.3, 0.4) is 0 Å². The second-order valence-corrected chi connectivity index (χ2v) is 6.15. The molecule has 1 amide bonds. The highest BCUT2D eigenvalue weighted by molar-refractivity contribution is 5.84. The molecular weight excluding hydrogens is 273 g/mol. The lowest BCUT2D eigenvalue weighted by Gasteiger charge is -2.35. The number of hydrogen-bond donors (Lipinski definition) is 2. The lowest BCUT2D eigenvalue weighted by Crippen LogP contribution is -2.54. The number of carbonyl (C=O) groups excluding carboxylic acids is 1. The highest BCUT2D eigenvalue weighted by Gasteiger charge is 2.62. The lowest BCUT2D eigenvalue weighted by molar-refractivity contribution is -0.221. The van der Waals surface area contributed by atoms with Gasteiger partial charge in [-0.2, -0.15) is 13.2 Å². The van der Waals surface area contributed by atoms with Gasteiger partial charge in [0, 0.05) is 19.6 Å². The SMILES string of the molecule is CC1(O)CCCN(C(=O)C2(C(F)(F)F)CCNC2)CC1. The third-order valence-electron chi connectivity index (χ3n) is 4.46. The van der Waals surface area contributed by atoms with Crippen molar-refractivity contribution < 1.29 is 23.1 Å². The molecule has 0 radical (unpaired) electrons. The van der Waals surface area contributed by atoms with E-state index in [-0.39, 0.29) is 32.6 Å². The van der Waals surface area contributed by atoms with E-state index in [0.717, 1.165) is 0 Å². The van der Waals surface area contributed by atoms with Crippen LogP contribution in [0.2, 0.25) is 0 Å². The summed E-state index contributed by atoms with van der Waals surface area (Å²) in [4.78, 5) is 13.7. The van der Waals surface area contributed by atoms with Gasteiger partial charge in [-0.3, -0.25) is 4.79 Å². The molecule has 20 heavy (non-hydrogen) atoms. The smallest absolute Gasteiger partial charge is 0.390 e. The quantitative estimate of drug-likeness (QED) is 0.766. The van der Waals surface area contributed by atoms with Crippen LogP contribution in [0.4, 0.5) is 13.2 Å². The fraction of sp³-hybridized carbons (Fsp3) is 0.923. The van der Waals surface area contributed by atoms with E-state index in [1.54, 1.807) is 6.92 Å². The zero-order valence-electron chi connectivity index (χ0n) is 11.6. The summed E-state index contributed by atoms with van der Waals surface area (Å²) in [5.74, 6) is -0.840. The molecular formula is C13H21F3N2O2. The maximum atomic E-state index is 13.3. The van der Waals surface area contributed by atoms with E-state index in [2.05, 4.69) is 5.32 Å². The minimum Gasteiger partial charge on any atom is -0.390 e. The van der Waals surface area contributed by atoms with Crippen molar-refractivity contribution in [1.82, 2.24) is 10.2 Å². The van der Waals surface area contributed by atoms with E-state index >= 15 is 0 Å². The molecule has 2 saturated heterocycles. The van der Waals surface area contributed by atoms with E-state index < -0.39 is 23.1 Å². The standard InChI is InChI=1S/C13H21F3N2O2/c1-11(20)3-2-7-18(8-5-11)10(19)12(13(14,15)16)4-6-17-9-12/h17,20H,2-9H2,1H3. The van der Waals surface area contributed by atoms with Crippen LogP contribution in [-0.2, 0) is 4.79 Å². The number of alkyl halides is 3. The number of hydrogen-bond acceptors (Lipinski definition) is 3. The maximum Gasteiger partial charge on any atom is 0.404 e. The predicted octanol–water partition coefficient (Wildman–Crippen LogP) is 1.29. The summed E-state index contributed by atoms with van der Waals surface area (Å²) in [7, 11) is 0. The van der Waals surface area contributed by atoms with E-state index in [1.165, 1.54) is 4.90 Å². The van der Waals surface area contributed by atoms with Gasteiger partial charge in [-0.1, -0.05) is 0 Å². The number of rotatable bonds is 1. The van der Waals surface area contributed by atoms with Crippen molar-refractivity contribution in [1.29, 1.82) is 0 Å². The highest BCUT2D eigenvalue weighted by Crippen LogP contribution is 2.44. The van der Waals surface area contributed by atoms with E-state index in [1.807, 2.05) is 0 Å². The van der Waals surface area contributed by atoms with Crippen LogP contribution in [0.1, 0.15) is 32.6 Å². The average Bonchev–Trinajstić information content (AvgIpc) is 2.76. The summed E-state index contributed by atoms with van der Waals surface area (Å²) in [6.45, 7) is 1.99. The molecule has 0 aromatic rings. The Bertz CT molecular complexity index is 376. The van der Waals surface area contributed by atoms with Gasteiger partial charge in [0.25, 0.3) is 0 Å². The second kappa shape index (κ2) is 5.18. The van der Waals surface area contributed by atoms with Crippen LogP contribution in [-0.4, -0.2) is 53.9 Å². The van der Waals surface area contributed by atoms with Crippen LogP contribution < -0.4 is 5.32 Å².